The van der Waals surface area contributed by atoms with Crippen molar-refractivity contribution in [2.75, 3.05) is 39.3 Å². The van der Waals surface area contributed by atoms with Crippen LogP contribution in [0.25, 0.3) is 0 Å². The SMILES string of the molecule is CC[C@H](C)NC(=O)CN1CCN(C(=O)COc2ccc(Cl)c(Cl)c2)CC1. The van der Waals surface area contributed by atoms with Crippen molar-refractivity contribution in [2.24, 2.45) is 0 Å². The van der Waals surface area contributed by atoms with Crippen molar-refractivity contribution in [1.82, 2.24) is 15.1 Å². The van der Waals surface area contributed by atoms with E-state index in [0.717, 1.165) is 6.42 Å². The number of nitrogens with one attached hydrogen (secondary N) is 1. The van der Waals surface area contributed by atoms with E-state index in [1.54, 1.807) is 23.1 Å². The van der Waals surface area contributed by atoms with Crippen molar-refractivity contribution in [3.63, 3.8) is 0 Å². The van der Waals surface area contributed by atoms with Crippen molar-refractivity contribution in [3.8, 4) is 5.75 Å². The van der Waals surface area contributed by atoms with Gasteiger partial charge in [0.25, 0.3) is 5.91 Å². The summed E-state index contributed by atoms with van der Waals surface area (Å²) < 4.78 is 5.49. The number of rotatable bonds is 7. The Labute approximate surface area is 164 Å². The van der Waals surface area contributed by atoms with E-state index in [0.29, 0.717) is 48.5 Å². The van der Waals surface area contributed by atoms with Gasteiger partial charge < -0.3 is 15.0 Å². The molecule has 0 aromatic heterocycles. The quantitative estimate of drug-likeness (QED) is 0.761. The first-order valence-corrected chi connectivity index (χ1v) is 9.52. The van der Waals surface area contributed by atoms with Gasteiger partial charge in [-0.25, -0.2) is 0 Å². The van der Waals surface area contributed by atoms with E-state index in [9.17, 15) is 9.59 Å². The topological polar surface area (TPSA) is 61.9 Å². The van der Waals surface area contributed by atoms with Gasteiger partial charge in [-0.05, 0) is 25.5 Å². The second kappa shape index (κ2) is 10.00. The molecule has 1 fully saturated rings. The van der Waals surface area contributed by atoms with Crippen LogP contribution in [0.2, 0.25) is 10.0 Å². The minimum absolute atomic E-state index is 0.0297. The summed E-state index contributed by atoms with van der Waals surface area (Å²) in [6.07, 6.45) is 0.910. The number of carbonyl (C=O) groups is 2. The molecule has 2 amide bonds. The summed E-state index contributed by atoms with van der Waals surface area (Å²) in [5, 5.41) is 3.79. The number of ether oxygens (including phenoxy) is 1. The molecule has 1 heterocycles. The standard InChI is InChI=1S/C18H25Cl2N3O3/c1-3-13(2)21-17(24)11-22-6-8-23(9-7-22)18(25)12-26-14-4-5-15(19)16(20)10-14/h4-5,10,13H,3,6-9,11-12H2,1-2H3,(H,21,24)/t13-/m0/s1. The number of nitrogens with zero attached hydrogens (tertiary/aromatic N) is 2. The molecule has 1 saturated heterocycles. The zero-order valence-electron chi connectivity index (χ0n) is 15.1. The molecule has 1 aromatic rings. The summed E-state index contributed by atoms with van der Waals surface area (Å²) in [5.41, 5.74) is 0. The number of hydrogen-bond acceptors (Lipinski definition) is 4. The molecule has 0 spiro atoms. The van der Waals surface area contributed by atoms with Crippen LogP contribution in [-0.2, 0) is 9.59 Å². The van der Waals surface area contributed by atoms with E-state index in [1.807, 2.05) is 13.8 Å². The zero-order valence-corrected chi connectivity index (χ0v) is 16.6. The highest BCUT2D eigenvalue weighted by Gasteiger charge is 2.23. The lowest BCUT2D eigenvalue weighted by atomic mass is 10.2. The predicted octanol–water partition coefficient (Wildman–Crippen LogP) is 2.43. The van der Waals surface area contributed by atoms with Crippen LogP contribution in [0, 0.1) is 0 Å². The molecule has 1 aliphatic rings. The van der Waals surface area contributed by atoms with Crippen LogP contribution >= 0.6 is 23.2 Å². The van der Waals surface area contributed by atoms with Gasteiger partial charge in [0, 0.05) is 38.3 Å². The second-order valence-corrected chi connectivity index (χ2v) is 7.21. The van der Waals surface area contributed by atoms with Gasteiger partial charge in [-0.3, -0.25) is 14.5 Å². The summed E-state index contributed by atoms with van der Waals surface area (Å²) in [6.45, 7) is 6.86. The van der Waals surface area contributed by atoms with Crippen LogP contribution in [0.4, 0.5) is 0 Å². The molecule has 2 rings (SSSR count). The summed E-state index contributed by atoms with van der Waals surface area (Å²) in [4.78, 5) is 28.0. The molecule has 0 saturated carbocycles. The predicted molar refractivity (Wildman–Crippen MR) is 103 cm³/mol. The molecule has 0 aliphatic carbocycles. The Morgan fingerprint density at radius 1 is 1.19 bits per heavy atom. The molecule has 1 atom stereocenters. The normalized spacial score (nSPS) is 16.2. The zero-order chi connectivity index (χ0) is 19.1. The van der Waals surface area contributed by atoms with Gasteiger partial charge in [0.05, 0.1) is 16.6 Å². The largest absolute Gasteiger partial charge is 0.484 e. The van der Waals surface area contributed by atoms with Gasteiger partial charge in [0.1, 0.15) is 5.75 Å². The Morgan fingerprint density at radius 3 is 2.50 bits per heavy atom. The molecule has 1 N–H and O–H groups in total. The average molecular weight is 402 g/mol. The third-order valence-corrected chi connectivity index (χ3v) is 5.10. The van der Waals surface area contributed by atoms with E-state index in [-0.39, 0.29) is 24.5 Å². The molecule has 26 heavy (non-hydrogen) atoms. The van der Waals surface area contributed by atoms with Crippen molar-refractivity contribution in [2.45, 2.75) is 26.3 Å². The highest BCUT2D eigenvalue weighted by Crippen LogP contribution is 2.26. The number of piperazine rings is 1. The summed E-state index contributed by atoms with van der Waals surface area (Å²) >= 11 is 11.8. The van der Waals surface area contributed by atoms with Gasteiger partial charge >= 0.3 is 0 Å². The number of halogens is 2. The lowest BCUT2D eigenvalue weighted by Crippen LogP contribution is -2.52. The minimum atomic E-state index is -0.0835. The Balaban J connectivity index is 1.72. The van der Waals surface area contributed by atoms with Crippen LogP contribution in [0.1, 0.15) is 20.3 Å². The molecule has 0 radical (unpaired) electrons. The van der Waals surface area contributed by atoms with E-state index < -0.39 is 0 Å². The molecule has 0 bridgehead atoms. The Bertz CT molecular complexity index is 634. The first-order chi connectivity index (χ1) is 12.4. The number of hydrogen-bond donors (Lipinski definition) is 1. The maximum atomic E-state index is 12.3. The van der Waals surface area contributed by atoms with Gasteiger partial charge in [-0.2, -0.15) is 0 Å². The number of benzene rings is 1. The van der Waals surface area contributed by atoms with E-state index in [1.165, 1.54) is 0 Å². The van der Waals surface area contributed by atoms with Crippen LogP contribution < -0.4 is 10.1 Å². The molecule has 6 nitrogen and oxygen atoms in total. The first-order valence-electron chi connectivity index (χ1n) is 8.76. The summed E-state index contributed by atoms with van der Waals surface area (Å²) in [7, 11) is 0. The third-order valence-electron chi connectivity index (χ3n) is 4.37. The third kappa shape index (κ3) is 6.34. The maximum absolute atomic E-state index is 12.3. The fraction of sp³-hybridized carbons (Fsp3) is 0.556. The van der Waals surface area contributed by atoms with E-state index >= 15 is 0 Å². The van der Waals surface area contributed by atoms with Gasteiger partial charge in [0.2, 0.25) is 5.91 Å². The lowest BCUT2D eigenvalue weighted by molar-refractivity contribution is -0.135. The Morgan fingerprint density at radius 2 is 1.88 bits per heavy atom. The molecular formula is C18H25Cl2N3O3. The molecule has 144 valence electrons. The van der Waals surface area contributed by atoms with Crippen molar-refractivity contribution >= 4 is 35.0 Å². The molecule has 0 unspecified atom stereocenters. The fourth-order valence-corrected chi connectivity index (χ4v) is 2.87. The molecule has 8 heteroatoms. The Hall–Kier alpha value is -1.50. The highest BCUT2D eigenvalue weighted by molar-refractivity contribution is 6.42. The van der Waals surface area contributed by atoms with Gasteiger partial charge in [0.15, 0.2) is 6.61 Å². The van der Waals surface area contributed by atoms with Crippen LogP contribution in [0.15, 0.2) is 18.2 Å². The first kappa shape index (κ1) is 20.8. The second-order valence-electron chi connectivity index (χ2n) is 6.40. The average Bonchev–Trinajstić information content (AvgIpc) is 2.62. The summed E-state index contributed by atoms with van der Waals surface area (Å²) in [5.74, 6) is 0.454. The highest BCUT2D eigenvalue weighted by atomic mass is 35.5. The van der Waals surface area contributed by atoms with E-state index in [2.05, 4.69) is 10.2 Å². The number of amides is 2. The van der Waals surface area contributed by atoms with Gasteiger partial charge in [-0.1, -0.05) is 30.1 Å². The van der Waals surface area contributed by atoms with Crippen molar-refractivity contribution < 1.29 is 14.3 Å². The monoisotopic (exact) mass is 401 g/mol. The van der Waals surface area contributed by atoms with Crippen molar-refractivity contribution in [1.29, 1.82) is 0 Å². The van der Waals surface area contributed by atoms with Crippen LogP contribution in [0.3, 0.4) is 0 Å². The Kier molecular flexibility index (Phi) is 8.00. The van der Waals surface area contributed by atoms with Crippen LogP contribution in [0.5, 0.6) is 5.75 Å². The minimum Gasteiger partial charge on any atom is -0.484 e. The fourth-order valence-electron chi connectivity index (χ4n) is 2.58. The number of carbonyl (C=O) groups excluding carboxylic acids is 2. The smallest absolute Gasteiger partial charge is 0.260 e. The molecule has 1 aromatic carbocycles. The molecular weight excluding hydrogens is 377 g/mol. The maximum Gasteiger partial charge on any atom is 0.260 e. The van der Waals surface area contributed by atoms with E-state index in [4.69, 9.17) is 27.9 Å². The molecule has 1 aliphatic heterocycles. The lowest BCUT2D eigenvalue weighted by Gasteiger charge is -2.34. The van der Waals surface area contributed by atoms with Gasteiger partial charge in [-0.15, -0.1) is 0 Å². The summed E-state index contributed by atoms with van der Waals surface area (Å²) in [6, 6.07) is 5.08. The van der Waals surface area contributed by atoms with Crippen LogP contribution in [-0.4, -0.2) is 67.0 Å². The van der Waals surface area contributed by atoms with Crippen molar-refractivity contribution in [3.05, 3.63) is 28.2 Å².